The van der Waals surface area contributed by atoms with Crippen molar-refractivity contribution in [3.05, 3.63) is 40.4 Å². The molecule has 0 aliphatic heterocycles. The molecule has 2 rings (SSSR count). The van der Waals surface area contributed by atoms with Gasteiger partial charge in [-0.3, -0.25) is 4.79 Å². The number of anilines is 1. The number of hydrogen-bond donors (Lipinski definition) is 2. The number of amides is 1. The predicted octanol–water partition coefficient (Wildman–Crippen LogP) is 2.78. The van der Waals surface area contributed by atoms with Gasteiger partial charge in [0.2, 0.25) is 5.13 Å². The van der Waals surface area contributed by atoms with Gasteiger partial charge >= 0.3 is 0 Å². The number of aryl methyl sites for hydroxylation is 1. The molecule has 1 aromatic heterocycles. The molecule has 0 radical (unpaired) electrons. The van der Waals surface area contributed by atoms with Gasteiger partial charge in [-0.2, -0.15) is 0 Å². The molecular formula is C16H22N4OS. The summed E-state index contributed by atoms with van der Waals surface area (Å²) in [6.07, 6.45) is 1.60. The fourth-order valence-corrected chi connectivity index (χ4v) is 2.68. The lowest BCUT2D eigenvalue weighted by Gasteiger charge is -2.19. The van der Waals surface area contributed by atoms with E-state index >= 15 is 0 Å². The molecule has 22 heavy (non-hydrogen) atoms. The number of benzene rings is 1. The van der Waals surface area contributed by atoms with Crippen LogP contribution >= 0.6 is 11.3 Å². The van der Waals surface area contributed by atoms with Crippen molar-refractivity contribution in [2.75, 3.05) is 12.3 Å². The third-order valence-corrected chi connectivity index (χ3v) is 4.16. The topological polar surface area (TPSA) is 80.9 Å². The molecule has 0 fully saturated rings. The monoisotopic (exact) mass is 318 g/mol. The molecule has 0 bridgehead atoms. The van der Waals surface area contributed by atoms with E-state index in [9.17, 15) is 4.79 Å². The second kappa shape index (κ2) is 6.87. The van der Waals surface area contributed by atoms with E-state index in [4.69, 9.17) is 5.73 Å². The summed E-state index contributed by atoms with van der Waals surface area (Å²) in [5, 5.41) is 12.0. The highest BCUT2D eigenvalue weighted by Gasteiger charge is 2.14. The number of nitrogen functional groups attached to an aromatic ring is 1. The summed E-state index contributed by atoms with van der Waals surface area (Å²) in [5.41, 5.74) is 7.53. The van der Waals surface area contributed by atoms with E-state index in [1.165, 1.54) is 16.9 Å². The molecule has 2 aromatic rings. The molecule has 0 aliphatic rings. The molecule has 1 heterocycles. The second-order valence-electron chi connectivity index (χ2n) is 6.22. The minimum absolute atomic E-state index is 0.0442. The number of nitrogens with zero attached hydrogens (tertiary/aromatic N) is 2. The van der Waals surface area contributed by atoms with E-state index in [1.807, 2.05) is 24.3 Å². The molecule has 6 heteroatoms. The quantitative estimate of drug-likeness (QED) is 0.831. The van der Waals surface area contributed by atoms with Gasteiger partial charge in [0.15, 0.2) is 0 Å². The van der Waals surface area contributed by atoms with E-state index in [0.717, 1.165) is 17.8 Å². The number of aromatic nitrogens is 2. The highest BCUT2D eigenvalue weighted by Crippen LogP contribution is 2.22. The van der Waals surface area contributed by atoms with Crippen molar-refractivity contribution in [1.29, 1.82) is 0 Å². The molecule has 3 N–H and O–H groups in total. The van der Waals surface area contributed by atoms with Crippen molar-refractivity contribution >= 4 is 22.4 Å². The minimum atomic E-state index is -0.0442. The third kappa shape index (κ3) is 4.53. The second-order valence-corrected chi connectivity index (χ2v) is 7.31. The van der Waals surface area contributed by atoms with Crippen LogP contribution in [0.5, 0.6) is 0 Å². The standard InChI is InChI=1S/C16H22N4OS/c1-16(2,3)12-8-6-11(7-9-12)14(21)18-10-4-5-13-19-20-15(17)22-13/h6-9H,4-5,10H2,1-3H3,(H2,17,20)(H,18,21). The predicted molar refractivity (Wildman–Crippen MR) is 90.1 cm³/mol. The molecule has 118 valence electrons. The Balaban J connectivity index is 1.79. The SMILES string of the molecule is CC(C)(C)c1ccc(C(=O)NCCCc2nnc(N)s2)cc1. The lowest BCUT2D eigenvalue weighted by atomic mass is 9.87. The van der Waals surface area contributed by atoms with Crippen LogP contribution in [0, 0.1) is 0 Å². The lowest BCUT2D eigenvalue weighted by Crippen LogP contribution is -2.25. The first-order valence-corrected chi connectivity index (χ1v) is 8.14. The van der Waals surface area contributed by atoms with Crippen LogP contribution in [-0.2, 0) is 11.8 Å². The first kappa shape index (κ1) is 16.4. The molecular weight excluding hydrogens is 296 g/mol. The van der Waals surface area contributed by atoms with E-state index in [1.54, 1.807) is 0 Å². The lowest BCUT2D eigenvalue weighted by molar-refractivity contribution is 0.0953. The molecule has 0 unspecified atom stereocenters. The fourth-order valence-electron chi connectivity index (χ4n) is 2.03. The highest BCUT2D eigenvalue weighted by atomic mass is 32.1. The smallest absolute Gasteiger partial charge is 0.251 e. The van der Waals surface area contributed by atoms with Gasteiger partial charge in [-0.1, -0.05) is 44.2 Å². The van der Waals surface area contributed by atoms with Crippen LogP contribution < -0.4 is 11.1 Å². The summed E-state index contributed by atoms with van der Waals surface area (Å²) >= 11 is 1.39. The van der Waals surface area contributed by atoms with E-state index in [2.05, 4.69) is 36.3 Å². The van der Waals surface area contributed by atoms with Crippen molar-refractivity contribution in [1.82, 2.24) is 15.5 Å². The van der Waals surface area contributed by atoms with Crippen LogP contribution in [0.15, 0.2) is 24.3 Å². The maximum Gasteiger partial charge on any atom is 0.251 e. The number of rotatable bonds is 5. The maximum absolute atomic E-state index is 12.1. The maximum atomic E-state index is 12.1. The third-order valence-electron chi connectivity index (χ3n) is 3.35. The first-order valence-electron chi connectivity index (χ1n) is 7.33. The summed E-state index contributed by atoms with van der Waals surface area (Å²) in [6.45, 7) is 7.08. The van der Waals surface area contributed by atoms with Crippen LogP contribution in [0.1, 0.15) is 48.1 Å². The zero-order chi connectivity index (χ0) is 16.2. The Labute approximate surface area is 135 Å². The Bertz CT molecular complexity index is 628. The summed E-state index contributed by atoms with van der Waals surface area (Å²) in [5.74, 6) is -0.0442. The molecule has 0 spiro atoms. The minimum Gasteiger partial charge on any atom is -0.374 e. The Morgan fingerprint density at radius 1 is 1.23 bits per heavy atom. The van der Waals surface area contributed by atoms with Crippen LogP contribution in [0.2, 0.25) is 0 Å². The normalized spacial score (nSPS) is 11.4. The van der Waals surface area contributed by atoms with E-state index in [0.29, 0.717) is 17.2 Å². The van der Waals surface area contributed by atoms with Crippen LogP contribution in [0.25, 0.3) is 0 Å². The average Bonchev–Trinajstić information content (AvgIpc) is 2.88. The summed E-state index contributed by atoms with van der Waals surface area (Å²) in [4.78, 5) is 12.1. The largest absolute Gasteiger partial charge is 0.374 e. The van der Waals surface area contributed by atoms with Crippen LogP contribution in [-0.4, -0.2) is 22.6 Å². The molecule has 1 aromatic carbocycles. The van der Waals surface area contributed by atoms with Gasteiger partial charge in [0.05, 0.1) is 0 Å². The Morgan fingerprint density at radius 2 is 1.91 bits per heavy atom. The van der Waals surface area contributed by atoms with Gasteiger partial charge in [-0.25, -0.2) is 0 Å². The Hall–Kier alpha value is -1.95. The van der Waals surface area contributed by atoms with Gasteiger partial charge in [-0.05, 0) is 29.5 Å². The van der Waals surface area contributed by atoms with Crippen molar-refractivity contribution in [3.8, 4) is 0 Å². The van der Waals surface area contributed by atoms with Crippen molar-refractivity contribution in [2.45, 2.75) is 39.0 Å². The number of nitrogens with one attached hydrogen (secondary N) is 1. The average molecular weight is 318 g/mol. The summed E-state index contributed by atoms with van der Waals surface area (Å²) in [6, 6.07) is 7.78. The fraction of sp³-hybridized carbons (Fsp3) is 0.438. The number of nitrogens with two attached hydrogens (primary N) is 1. The van der Waals surface area contributed by atoms with Crippen molar-refractivity contribution in [3.63, 3.8) is 0 Å². The zero-order valence-electron chi connectivity index (χ0n) is 13.2. The summed E-state index contributed by atoms with van der Waals surface area (Å²) < 4.78 is 0. The number of carbonyl (C=O) groups is 1. The van der Waals surface area contributed by atoms with Gasteiger partial charge < -0.3 is 11.1 Å². The Kier molecular flexibility index (Phi) is 5.13. The highest BCUT2D eigenvalue weighted by molar-refractivity contribution is 7.15. The first-order chi connectivity index (χ1) is 10.4. The van der Waals surface area contributed by atoms with E-state index < -0.39 is 0 Å². The molecule has 0 aliphatic carbocycles. The van der Waals surface area contributed by atoms with Gasteiger partial charge in [-0.15, -0.1) is 10.2 Å². The summed E-state index contributed by atoms with van der Waals surface area (Å²) in [7, 11) is 0. The van der Waals surface area contributed by atoms with Crippen molar-refractivity contribution < 1.29 is 4.79 Å². The van der Waals surface area contributed by atoms with Gasteiger partial charge in [0.25, 0.3) is 5.91 Å². The number of carbonyl (C=O) groups excluding carboxylic acids is 1. The van der Waals surface area contributed by atoms with Crippen molar-refractivity contribution in [2.24, 2.45) is 0 Å². The molecule has 0 saturated heterocycles. The Morgan fingerprint density at radius 3 is 2.45 bits per heavy atom. The molecule has 1 amide bonds. The van der Waals surface area contributed by atoms with E-state index in [-0.39, 0.29) is 11.3 Å². The van der Waals surface area contributed by atoms with Gasteiger partial charge in [0.1, 0.15) is 5.01 Å². The van der Waals surface area contributed by atoms with Gasteiger partial charge in [0, 0.05) is 18.5 Å². The van der Waals surface area contributed by atoms with Crippen LogP contribution in [0.3, 0.4) is 0 Å². The zero-order valence-corrected chi connectivity index (χ0v) is 14.0. The molecule has 0 saturated carbocycles. The van der Waals surface area contributed by atoms with Crippen LogP contribution in [0.4, 0.5) is 5.13 Å². The number of hydrogen-bond acceptors (Lipinski definition) is 5. The molecule has 5 nitrogen and oxygen atoms in total. The molecule has 0 atom stereocenters.